The molecule has 0 aliphatic carbocycles. The molecule has 0 radical (unpaired) electrons. The summed E-state index contributed by atoms with van der Waals surface area (Å²) >= 11 is 1.91. The highest BCUT2D eigenvalue weighted by atomic mass is 35.5. The Morgan fingerprint density at radius 3 is 2.37 bits per heavy atom. The lowest BCUT2D eigenvalue weighted by Gasteiger charge is -2.38. The van der Waals surface area contributed by atoms with Crippen molar-refractivity contribution in [1.29, 1.82) is 0 Å². The molecule has 0 amide bonds. The Morgan fingerprint density at radius 2 is 1.60 bits per heavy atom. The van der Waals surface area contributed by atoms with Crippen molar-refractivity contribution in [3.8, 4) is 11.1 Å². The maximum atomic E-state index is 4.21. The number of hydrogen-bond donors (Lipinski definition) is 0. The van der Waals surface area contributed by atoms with Gasteiger partial charge in [-0.1, -0.05) is 36.0 Å². The molecule has 0 bridgehead atoms. The highest BCUT2D eigenvalue weighted by Crippen LogP contribution is 2.44. The van der Waals surface area contributed by atoms with Crippen molar-refractivity contribution in [1.82, 2.24) is 19.8 Å². The minimum atomic E-state index is 0. The fourth-order valence-electron chi connectivity index (χ4n) is 4.20. The summed E-state index contributed by atoms with van der Waals surface area (Å²) in [4.78, 5) is 16.3. The van der Waals surface area contributed by atoms with E-state index in [1.165, 1.54) is 26.5 Å². The third kappa shape index (κ3) is 4.66. The van der Waals surface area contributed by atoms with Crippen LogP contribution in [0.1, 0.15) is 17.2 Å². The smallest absolute Gasteiger partial charge is 0.115 e. The molecule has 1 atom stereocenters. The summed E-state index contributed by atoms with van der Waals surface area (Å²) in [6.45, 7) is 4.50. The second-order valence-corrected chi connectivity index (χ2v) is 8.73. The molecular formula is C23H26Cl2N4S. The van der Waals surface area contributed by atoms with Gasteiger partial charge in [0.15, 0.2) is 0 Å². The van der Waals surface area contributed by atoms with Gasteiger partial charge in [-0.15, -0.1) is 24.8 Å². The third-order valence-electron chi connectivity index (χ3n) is 5.85. The summed E-state index contributed by atoms with van der Waals surface area (Å²) < 4.78 is 0. The monoisotopic (exact) mass is 460 g/mol. The zero-order chi connectivity index (χ0) is 18.9. The highest BCUT2D eigenvalue weighted by molar-refractivity contribution is 7.99. The predicted octanol–water partition coefficient (Wildman–Crippen LogP) is 4.98. The summed E-state index contributed by atoms with van der Waals surface area (Å²) in [5.41, 5.74) is 5.17. The van der Waals surface area contributed by atoms with Crippen LogP contribution in [0.5, 0.6) is 0 Å². The first kappa shape index (κ1) is 23.0. The predicted molar refractivity (Wildman–Crippen MR) is 128 cm³/mol. The number of nitrogens with zero attached hydrogens (tertiary/aromatic N) is 4. The van der Waals surface area contributed by atoms with Crippen molar-refractivity contribution < 1.29 is 0 Å². The van der Waals surface area contributed by atoms with Crippen LogP contribution in [0.4, 0.5) is 0 Å². The molecule has 1 aromatic heterocycles. The number of halogens is 2. The number of hydrogen-bond acceptors (Lipinski definition) is 5. The molecule has 2 aliphatic rings. The van der Waals surface area contributed by atoms with E-state index in [1.54, 1.807) is 6.33 Å². The van der Waals surface area contributed by atoms with Crippen molar-refractivity contribution in [2.24, 2.45) is 0 Å². The van der Waals surface area contributed by atoms with Gasteiger partial charge < -0.3 is 4.90 Å². The average molecular weight is 461 g/mol. The quantitative estimate of drug-likeness (QED) is 0.537. The van der Waals surface area contributed by atoms with Crippen LogP contribution in [0, 0.1) is 0 Å². The van der Waals surface area contributed by atoms with Gasteiger partial charge in [-0.2, -0.15) is 0 Å². The molecule has 0 saturated carbocycles. The van der Waals surface area contributed by atoms with E-state index >= 15 is 0 Å². The van der Waals surface area contributed by atoms with Crippen LogP contribution in [0.25, 0.3) is 11.1 Å². The summed E-state index contributed by atoms with van der Waals surface area (Å²) in [6.07, 6.45) is 6.46. The van der Waals surface area contributed by atoms with Gasteiger partial charge >= 0.3 is 0 Å². The standard InChI is InChI=1S/C23H24N4S.2ClH/c1-26-8-10-27(11-9-26)21-13-18-4-2-3-5-22(18)28-23-7-6-17(12-20(21)23)19-14-24-16-25-15-19;;/h2-7,12,14-16,21H,8-11,13H2,1H3;2*1H. The van der Waals surface area contributed by atoms with Crippen molar-refractivity contribution in [2.75, 3.05) is 33.2 Å². The second-order valence-electron chi connectivity index (χ2n) is 7.65. The van der Waals surface area contributed by atoms with E-state index in [2.05, 4.69) is 69.3 Å². The van der Waals surface area contributed by atoms with Crippen LogP contribution in [-0.4, -0.2) is 53.0 Å². The molecule has 0 N–H and O–H groups in total. The number of fused-ring (bicyclic) bond motifs is 2. The summed E-state index contributed by atoms with van der Waals surface area (Å²) in [6, 6.07) is 16.1. The zero-order valence-corrected chi connectivity index (χ0v) is 19.3. The molecule has 3 aromatic rings. The first-order chi connectivity index (χ1) is 13.8. The average Bonchev–Trinajstić information content (AvgIpc) is 2.91. The SMILES string of the molecule is CN1CCN(C2Cc3ccccc3Sc3ccc(-c4cncnc4)cc32)CC1.Cl.Cl. The molecule has 7 heteroatoms. The van der Waals surface area contributed by atoms with E-state index in [-0.39, 0.29) is 24.8 Å². The summed E-state index contributed by atoms with van der Waals surface area (Å²) in [7, 11) is 2.22. The molecule has 158 valence electrons. The number of likely N-dealkylation sites (N-methyl/N-ethyl adjacent to an activating group) is 1. The summed E-state index contributed by atoms with van der Waals surface area (Å²) in [5.74, 6) is 0. The van der Waals surface area contributed by atoms with Gasteiger partial charge in [0.1, 0.15) is 6.33 Å². The molecular weight excluding hydrogens is 435 g/mol. The van der Waals surface area contributed by atoms with Crippen LogP contribution in [0.3, 0.4) is 0 Å². The fraction of sp³-hybridized carbons (Fsp3) is 0.304. The molecule has 4 nitrogen and oxygen atoms in total. The van der Waals surface area contributed by atoms with E-state index in [0.29, 0.717) is 6.04 Å². The van der Waals surface area contributed by atoms with Crippen LogP contribution < -0.4 is 0 Å². The van der Waals surface area contributed by atoms with E-state index < -0.39 is 0 Å². The topological polar surface area (TPSA) is 32.3 Å². The van der Waals surface area contributed by atoms with E-state index in [1.807, 2.05) is 24.2 Å². The molecule has 5 rings (SSSR count). The lowest BCUT2D eigenvalue weighted by molar-refractivity contribution is 0.110. The largest absolute Gasteiger partial charge is 0.304 e. The van der Waals surface area contributed by atoms with Crippen molar-refractivity contribution in [3.05, 3.63) is 72.3 Å². The molecule has 1 unspecified atom stereocenters. The van der Waals surface area contributed by atoms with Gasteiger partial charge in [-0.25, -0.2) is 9.97 Å². The van der Waals surface area contributed by atoms with Crippen LogP contribution >= 0.6 is 36.6 Å². The maximum absolute atomic E-state index is 4.21. The molecule has 1 saturated heterocycles. The molecule has 0 spiro atoms. The number of rotatable bonds is 2. The minimum absolute atomic E-state index is 0. The van der Waals surface area contributed by atoms with Gasteiger partial charge in [0.05, 0.1) is 0 Å². The minimum Gasteiger partial charge on any atom is -0.304 e. The summed E-state index contributed by atoms with van der Waals surface area (Å²) in [5, 5.41) is 0. The number of piperazine rings is 1. The Bertz CT molecular complexity index is 978. The fourth-order valence-corrected chi connectivity index (χ4v) is 5.31. The van der Waals surface area contributed by atoms with Gasteiger partial charge in [0, 0.05) is 60.0 Å². The number of aromatic nitrogens is 2. The highest BCUT2D eigenvalue weighted by Gasteiger charge is 2.29. The Morgan fingerprint density at radius 1 is 0.867 bits per heavy atom. The molecule has 2 aromatic carbocycles. The normalized spacial score (nSPS) is 18.9. The Balaban J connectivity index is 0.00000128. The third-order valence-corrected chi connectivity index (χ3v) is 7.06. The van der Waals surface area contributed by atoms with Gasteiger partial charge in [0.25, 0.3) is 0 Å². The first-order valence-corrected chi connectivity index (χ1v) is 10.7. The molecule has 30 heavy (non-hydrogen) atoms. The Hall–Kier alpha value is -1.63. The van der Waals surface area contributed by atoms with E-state index in [0.717, 1.165) is 38.2 Å². The van der Waals surface area contributed by atoms with Crippen molar-refractivity contribution in [2.45, 2.75) is 22.3 Å². The molecule has 1 fully saturated rings. The Kier molecular flexibility index (Phi) is 7.77. The van der Waals surface area contributed by atoms with Gasteiger partial charge in [0.2, 0.25) is 0 Å². The van der Waals surface area contributed by atoms with Gasteiger partial charge in [-0.05, 0) is 48.4 Å². The molecule has 3 heterocycles. The maximum Gasteiger partial charge on any atom is 0.115 e. The Labute approximate surface area is 194 Å². The van der Waals surface area contributed by atoms with Gasteiger partial charge in [-0.3, -0.25) is 4.90 Å². The van der Waals surface area contributed by atoms with E-state index in [4.69, 9.17) is 0 Å². The van der Waals surface area contributed by atoms with Crippen LogP contribution in [-0.2, 0) is 6.42 Å². The number of benzene rings is 2. The molecule has 2 aliphatic heterocycles. The first-order valence-electron chi connectivity index (χ1n) is 9.85. The van der Waals surface area contributed by atoms with Crippen molar-refractivity contribution >= 4 is 36.6 Å². The second kappa shape index (κ2) is 10.1. The zero-order valence-electron chi connectivity index (χ0n) is 16.9. The lowest BCUT2D eigenvalue weighted by Crippen LogP contribution is -2.46. The van der Waals surface area contributed by atoms with Crippen molar-refractivity contribution in [3.63, 3.8) is 0 Å². The van der Waals surface area contributed by atoms with E-state index in [9.17, 15) is 0 Å². The lowest BCUT2D eigenvalue weighted by atomic mass is 9.94. The van der Waals surface area contributed by atoms with Crippen LogP contribution in [0.2, 0.25) is 0 Å². The van der Waals surface area contributed by atoms with Crippen LogP contribution in [0.15, 0.2) is 71.0 Å².